The lowest BCUT2D eigenvalue weighted by Gasteiger charge is -2.11. The van der Waals surface area contributed by atoms with E-state index in [9.17, 15) is 14.7 Å². The van der Waals surface area contributed by atoms with Crippen LogP contribution in [0.4, 0.5) is 10.1 Å². The van der Waals surface area contributed by atoms with E-state index in [2.05, 4.69) is 26.8 Å². The summed E-state index contributed by atoms with van der Waals surface area (Å²) in [6.45, 7) is 4.86. The molecule has 0 saturated carbocycles. The van der Waals surface area contributed by atoms with E-state index in [-0.39, 0.29) is 29.8 Å². The minimum Gasteiger partial charge on any atom is -0.421 e. The van der Waals surface area contributed by atoms with Gasteiger partial charge in [-0.05, 0) is 54.5 Å². The highest BCUT2D eigenvalue weighted by molar-refractivity contribution is 6.10. The third kappa shape index (κ3) is 5.00. The molecule has 2 amide bonds. The molecule has 10 nitrogen and oxygen atoms in total. The van der Waals surface area contributed by atoms with Crippen LogP contribution in [0, 0.1) is 12.7 Å². The molecule has 0 atom stereocenters. The number of carbonyl (C=O) groups excluding carboxylic acids is 2. The highest BCUT2D eigenvalue weighted by atomic mass is 19.1. The summed E-state index contributed by atoms with van der Waals surface area (Å²) >= 11 is 0. The Morgan fingerprint density at radius 2 is 1.90 bits per heavy atom. The number of primary amides is 1. The average molecular weight is 539 g/mol. The van der Waals surface area contributed by atoms with Crippen LogP contribution in [0.3, 0.4) is 0 Å². The zero-order chi connectivity index (χ0) is 28.4. The summed E-state index contributed by atoms with van der Waals surface area (Å²) in [6.07, 6.45) is 5.67. The molecule has 3 aromatic heterocycles. The van der Waals surface area contributed by atoms with Gasteiger partial charge >= 0.3 is 6.01 Å². The van der Waals surface area contributed by atoms with E-state index in [1.165, 1.54) is 24.5 Å². The number of benzene rings is 2. The van der Waals surface area contributed by atoms with Crippen LogP contribution in [0.1, 0.15) is 21.7 Å². The van der Waals surface area contributed by atoms with Gasteiger partial charge in [0.15, 0.2) is 11.6 Å². The Labute approximate surface area is 227 Å². The molecule has 0 radical (unpaired) electrons. The summed E-state index contributed by atoms with van der Waals surface area (Å²) in [5, 5.41) is 12.4. The van der Waals surface area contributed by atoms with Gasteiger partial charge in [-0.15, -0.1) is 0 Å². The second kappa shape index (κ2) is 10.8. The molecule has 0 unspecified atom stereocenters. The van der Waals surface area contributed by atoms with Gasteiger partial charge in [0.05, 0.1) is 35.3 Å². The molecule has 3 heterocycles. The Morgan fingerprint density at radius 3 is 2.55 bits per heavy atom. The predicted octanol–water partition coefficient (Wildman–Crippen LogP) is 4.41. The topological polar surface area (TPSA) is 145 Å². The van der Waals surface area contributed by atoms with Crippen molar-refractivity contribution >= 4 is 23.0 Å². The van der Waals surface area contributed by atoms with Crippen molar-refractivity contribution in [2.24, 2.45) is 5.73 Å². The second-order valence-corrected chi connectivity index (χ2v) is 8.75. The number of nitrogens with two attached hydrogens (primary N) is 1. The molecule has 0 bridgehead atoms. The number of rotatable bonds is 8. The molecule has 200 valence electrons. The van der Waals surface area contributed by atoms with Gasteiger partial charge in [0.25, 0.3) is 5.91 Å². The van der Waals surface area contributed by atoms with Crippen molar-refractivity contribution in [3.8, 4) is 34.1 Å². The second-order valence-electron chi connectivity index (χ2n) is 8.75. The molecule has 40 heavy (non-hydrogen) atoms. The van der Waals surface area contributed by atoms with Crippen LogP contribution in [0.5, 0.6) is 11.8 Å². The lowest BCUT2D eigenvalue weighted by Crippen LogP contribution is -2.12. The summed E-state index contributed by atoms with van der Waals surface area (Å²) in [5.41, 5.74) is 9.66. The first-order chi connectivity index (χ1) is 19.3. The standard InChI is InChI=1S/C29H23FN6O4/c1-3-24(38)35-19-7-4-17(5-8-19)27-25(26(28(31)39)22-13-33-20(15-37)14-36(22)27)18-6-9-23(21(30)12-18)40-29-32-11-10-16(2)34-29/h3-14,37H,1,15H2,2H3,(H2,31,39)(H,35,38). The summed E-state index contributed by atoms with van der Waals surface area (Å²) in [4.78, 5) is 36.8. The van der Waals surface area contributed by atoms with Crippen molar-refractivity contribution in [3.05, 3.63) is 103 Å². The molecule has 5 aromatic rings. The smallest absolute Gasteiger partial charge is 0.322 e. The molecule has 5 rings (SSSR count). The lowest BCUT2D eigenvalue weighted by atomic mass is 9.96. The fraction of sp³-hybridized carbons (Fsp3) is 0.0690. The van der Waals surface area contributed by atoms with Crippen molar-refractivity contribution in [1.82, 2.24) is 19.4 Å². The minimum atomic E-state index is -0.749. The van der Waals surface area contributed by atoms with E-state index in [1.807, 2.05) is 0 Å². The third-order valence-corrected chi connectivity index (χ3v) is 6.09. The summed E-state index contributed by atoms with van der Waals surface area (Å²) < 4.78 is 22.6. The molecule has 11 heteroatoms. The maximum absolute atomic E-state index is 15.4. The first-order valence-electron chi connectivity index (χ1n) is 12.0. The number of aromatic nitrogens is 4. The van der Waals surface area contributed by atoms with Crippen molar-refractivity contribution in [2.75, 3.05) is 5.32 Å². The largest absolute Gasteiger partial charge is 0.421 e. The van der Waals surface area contributed by atoms with E-state index in [1.54, 1.807) is 53.9 Å². The number of aryl methyl sites for hydroxylation is 1. The Morgan fingerprint density at radius 1 is 1.15 bits per heavy atom. The number of anilines is 1. The van der Waals surface area contributed by atoms with Crippen molar-refractivity contribution in [3.63, 3.8) is 0 Å². The number of hydrogen-bond donors (Lipinski definition) is 3. The van der Waals surface area contributed by atoms with Gasteiger partial charge in [0, 0.05) is 29.3 Å². The number of ether oxygens (including phenoxy) is 1. The quantitative estimate of drug-likeness (QED) is 0.248. The number of nitrogens with one attached hydrogen (secondary N) is 1. The molecule has 4 N–H and O–H groups in total. The van der Waals surface area contributed by atoms with Crippen LogP contribution in [0.15, 0.2) is 79.8 Å². The monoisotopic (exact) mass is 538 g/mol. The van der Waals surface area contributed by atoms with Crippen molar-refractivity contribution in [2.45, 2.75) is 13.5 Å². The van der Waals surface area contributed by atoms with Crippen LogP contribution in [0.25, 0.3) is 27.9 Å². The number of hydrogen-bond acceptors (Lipinski definition) is 7. The molecular formula is C29H23FN6O4. The van der Waals surface area contributed by atoms with Crippen LogP contribution in [-0.4, -0.2) is 36.3 Å². The third-order valence-electron chi connectivity index (χ3n) is 6.09. The zero-order valence-electron chi connectivity index (χ0n) is 21.3. The number of aliphatic hydroxyl groups excluding tert-OH is 1. The number of nitrogens with zero attached hydrogens (tertiary/aromatic N) is 4. The van der Waals surface area contributed by atoms with E-state index in [4.69, 9.17) is 10.5 Å². The molecule has 2 aromatic carbocycles. The Balaban J connectivity index is 1.69. The van der Waals surface area contributed by atoms with Gasteiger partial charge in [-0.1, -0.05) is 24.8 Å². The number of aliphatic hydroxyl groups is 1. The highest BCUT2D eigenvalue weighted by Crippen LogP contribution is 2.41. The zero-order valence-corrected chi connectivity index (χ0v) is 21.3. The molecule has 0 spiro atoms. The van der Waals surface area contributed by atoms with Gasteiger partial charge in [-0.3, -0.25) is 14.6 Å². The van der Waals surface area contributed by atoms with Crippen LogP contribution < -0.4 is 15.8 Å². The van der Waals surface area contributed by atoms with E-state index < -0.39 is 11.7 Å². The minimum absolute atomic E-state index is 0.00832. The van der Waals surface area contributed by atoms with E-state index >= 15 is 4.39 Å². The Hall–Kier alpha value is -5.42. The predicted molar refractivity (Wildman–Crippen MR) is 146 cm³/mol. The van der Waals surface area contributed by atoms with Gasteiger partial charge in [-0.25, -0.2) is 14.4 Å². The number of amides is 2. The molecule has 0 saturated heterocycles. The number of halogens is 1. The normalized spacial score (nSPS) is 10.9. The Bertz CT molecular complexity index is 1780. The first kappa shape index (κ1) is 26.2. The van der Waals surface area contributed by atoms with Crippen LogP contribution >= 0.6 is 0 Å². The number of fused-ring (bicyclic) bond motifs is 1. The molecule has 0 fully saturated rings. The Kier molecular flexibility index (Phi) is 7.04. The maximum atomic E-state index is 15.4. The fourth-order valence-electron chi connectivity index (χ4n) is 4.31. The first-order valence-corrected chi connectivity index (χ1v) is 12.0. The highest BCUT2D eigenvalue weighted by Gasteiger charge is 2.26. The van der Waals surface area contributed by atoms with Crippen molar-refractivity contribution in [1.29, 1.82) is 0 Å². The van der Waals surface area contributed by atoms with Crippen molar-refractivity contribution < 1.29 is 23.8 Å². The molecule has 0 aliphatic carbocycles. The molecular weight excluding hydrogens is 515 g/mol. The summed E-state index contributed by atoms with van der Waals surface area (Å²) in [5.74, 6) is -1.94. The number of carbonyl (C=O) groups is 2. The van der Waals surface area contributed by atoms with E-state index in [0.717, 1.165) is 6.08 Å². The van der Waals surface area contributed by atoms with Gasteiger partial charge in [0.1, 0.15) is 0 Å². The lowest BCUT2D eigenvalue weighted by molar-refractivity contribution is -0.111. The molecule has 0 aliphatic heterocycles. The maximum Gasteiger partial charge on any atom is 0.322 e. The van der Waals surface area contributed by atoms with E-state index in [0.29, 0.717) is 45.0 Å². The van der Waals surface area contributed by atoms with Gasteiger partial charge < -0.3 is 25.3 Å². The average Bonchev–Trinajstić information content (AvgIpc) is 3.29. The van der Waals surface area contributed by atoms with Crippen LogP contribution in [-0.2, 0) is 11.4 Å². The SMILES string of the molecule is C=CC(=O)Nc1ccc(-c2c(-c3ccc(Oc4nccc(C)n4)c(F)c3)c(C(N)=O)c3cnc(CO)cn23)cc1. The molecule has 0 aliphatic rings. The van der Waals surface area contributed by atoms with Gasteiger partial charge in [-0.2, -0.15) is 0 Å². The fourth-order valence-corrected chi connectivity index (χ4v) is 4.31. The summed E-state index contributed by atoms with van der Waals surface area (Å²) in [7, 11) is 0. The summed E-state index contributed by atoms with van der Waals surface area (Å²) in [6, 6.07) is 12.7. The van der Waals surface area contributed by atoms with Gasteiger partial charge in [0.2, 0.25) is 5.91 Å². The van der Waals surface area contributed by atoms with Crippen LogP contribution in [0.2, 0.25) is 0 Å².